The van der Waals surface area contributed by atoms with Crippen molar-refractivity contribution in [3.8, 4) is 0 Å². The molecule has 0 aliphatic heterocycles. The second-order valence-electron chi connectivity index (χ2n) is 2.00. The zero-order valence-electron chi connectivity index (χ0n) is 7.29. The standard InChI is InChI=1S/C6H14ClO4P/c1-9-12(8,10-2)6-5-11-4-3-7/h3-6H2,1-2H3. The number of alkyl halides is 1. The van der Waals surface area contributed by atoms with Crippen molar-refractivity contribution in [3.05, 3.63) is 0 Å². The largest absolute Gasteiger partial charge is 0.380 e. The molecule has 0 rings (SSSR count). The molecular weight excluding hydrogens is 202 g/mol. The molecule has 0 bridgehead atoms. The van der Waals surface area contributed by atoms with Gasteiger partial charge in [0.15, 0.2) is 0 Å². The highest BCUT2D eigenvalue weighted by molar-refractivity contribution is 7.53. The highest BCUT2D eigenvalue weighted by Gasteiger charge is 2.19. The van der Waals surface area contributed by atoms with Gasteiger partial charge in [0.1, 0.15) is 0 Å². The number of halogens is 1. The Balaban J connectivity index is 3.52. The van der Waals surface area contributed by atoms with Crippen molar-refractivity contribution in [2.45, 2.75) is 0 Å². The Morgan fingerprint density at radius 2 is 1.83 bits per heavy atom. The number of hydrogen-bond donors (Lipinski definition) is 0. The monoisotopic (exact) mass is 216 g/mol. The maximum Gasteiger partial charge on any atom is 0.332 e. The fourth-order valence-corrected chi connectivity index (χ4v) is 1.57. The van der Waals surface area contributed by atoms with Crippen LogP contribution in [-0.2, 0) is 18.3 Å². The smallest absolute Gasteiger partial charge is 0.332 e. The molecule has 0 aromatic rings. The molecule has 0 fully saturated rings. The van der Waals surface area contributed by atoms with Crippen LogP contribution in [0.25, 0.3) is 0 Å². The molecular formula is C6H14ClO4P. The van der Waals surface area contributed by atoms with Gasteiger partial charge in [0, 0.05) is 20.1 Å². The van der Waals surface area contributed by atoms with Crippen LogP contribution in [0.3, 0.4) is 0 Å². The van der Waals surface area contributed by atoms with E-state index in [0.29, 0.717) is 19.1 Å². The molecule has 4 nitrogen and oxygen atoms in total. The van der Waals surface area contributed by atoms with Crippen molar-refractivity contribution >= 4 is 19.2 Å². The molecule has 0 aromatic carbocycles. The third kappa shape index (κ3) is 5.12. The van der Waals surface area contributed by atoms with Crippen LogP contribution in [0.15, 0.2) is 0 Å². The molecule has 0 aliphatic rings. The minimum Gasteiger partial charge on any atom is -0.380 e. The van der Waals surface area contributed by atoms with E-state index in [1.54, 1.807) is 0 Å². The Hall–Kier alpha value is 0.400. The first-order chi connectivity index (χ1) is 5.68. The minimum atomic E-state index is -2.89. The molecule has 12 heavy (non-hydrogen) atoms. The van der Waals surface area contributed by atoms with E-state index >= 15 is 0 Å². The Labute approximate surface area is 77.7 Å². The molecule has 0 amide bonds. The van der Waals surface area contributed by atoms with Gasteiger partial charge < -0.3 is 13.8 Å². The lowest BCUT2D eigenvalue weighted by molar-refractivity contribution is 0.158. The first-order valence-corrected chi connectivity index (χ1v) is 5.79. The summed E-state index contributed by atoms with van der Waals surface area (Å²) in [5.41, 5.74) is 0. The molecule has 0 heterocycles. The minimum absolute atomic E-state index is 0.261. The van der Waals surface area contributed by atoms with Gasteiger partial charge in [-0.15, -0.1) is 11.6 Å². The van der Waals surface area contributed by atoms with Crippen LogP contribution in [0, 0.1) is 0 Å². The summed E-state index contributed by atoms with van der Waals surface area (Å²) in [6.45, 7) is 0.792. The molecule has 6 heteroatoms. The normalized spacial score (nSPS) is 11.9. The molecule has 0 aromatic heterocycles. The summed E-state index contributed by atoms with van der Waals surface area (Å²) in [5, 5.41) is 0. The molecule has 0 atom stereocenters. The third-order valence-electron chi connectivity index (χ3n) is 1.29. The maximum absolute atomic E-state index is 11.4. The first-order valence-electron chi connectivity index (χ1n) is 3.53. The van der Waals surface area contributed by atoms with Crippen molar-refractivity contribution in [2.24, 2.45) is 0 Å². The van der Waals surface area contributed by atoms with E-state index in [1.807, 2.05) is 0 Å². The second-order valence-corrected chi connectivity index (χ2v) is 4.78. The van der Waals surface area contributed by atoms with E-state index in [0.717, 1.165) is 0 Å². The van der Waals surface area contributed by atoms with Crippen molar-refractivity contribution in [1.82, 2.24) is 0 Å². The van der Waals surface area contributed by atoms with E-state index < -0.39 is 7.60 Å². The Kier molecular flexibility index (Phi) is 7.10. The summed E-state index contributed by atoms with van der Waals surface area (Å²) < 4.78 is 25.7. The van der Waals surface area contributed by atoms with Gasteiger partial charge in [0.05, 0.1) is 19.4 Å². The lowest BCUT2D eigenvalue weighted by Crippen LogP contribution is -2.05. The summed E-state index contributed by atoms with van der Waals surface area (Å²) in [7, 11) is -0.183. The average Bonchev–Trinajstić information content (AvgIpc) is 2.12. The Morgan fingerprint density at radius 3 is 2.25 bits per heavy atom. The number of ether oxygens (including phenoxy) is 1. The molecule has 0 spiro atoms. The summed E-state index contributed by atoms with van der Waals surface area (Å²) in [6.07, 6.45) is 0.261. The van der Waals surface area contributed by atoms with Crippen molar-refractivity contribution in [2.75, 3.05) is 39.5 Å². The Bertz CT molecular complexity index is 144. The van der Waals surface area contributed by atoms with Crippen LogP contribution in [0.4, 0.5) is 0 Å². The van der Waals surface area contributed by atoms with Crippen molar-refractivity contribution < 1.29 is 18.3 Å². The van der Waals surface area contributed by atoms with Gasteiger partial charge in [0.2, 0.25) is 0 Å². The molecule has 0 saturated heterocycles. The maximum atomic E-state index is 11.4. The van der Waals surface area contributed by atoms with E-state index in [4.69, 9.17) is 16.3 Å². The number of rotatable bonds is 7. The van der Waals surface area contributed by atoms with Crippen LogP contribution < -0.4 is 0 Å². The van der Waals surface area contributed by atoms with Gasteiger partial charge >= 0.3 is 7.60 Å². The van der Waals surface area contributed by atoms with Gasteiger partial charge in [-0.25, -0.2) is 0 Å². The van der Waals surface area contributed by atoms with Crippen LogP contribution in [-0.4, -0.2) is 39.5 Å². The topological polar surface area (TPSA) is 44.8 Å². The zero-order valence-corrected chi connectivity index (χ0v) is 8.94. The van der Waals surface area contributed by atoms with Gasteiger partial charge in [-0.05, 0) is 0 Å². The van der Waals surface area contributed by atoms with Crippen molar-refractivity contribution in [1.29, 1.82) is 0 Å². The molecule has 74 valence electrons. The second kappa shape index (κ2) is 6.87. The fourth-order valence-electron chi connectivity index (χ4n) is 0.590. The predicted molar refractivity (Wildman–Crippen MR) is 48.0 cm³/mol. The predicted octanol–water partition coefficient (Wildman–Crippen LogP) is 1.73. The highest BCUT2D eigenvalue weighted by Crippen LogP contribution is 2.45. The van der Waals surface area contributed by atoms with Crippen LogP contribution in [0.2, 0.25) is 0 Å². The third-order valence-corrected chi connectivity index (χ3v) is 3.28. The van der Waals surface area contributed by atoms with Crippen LogP contribution in [0.1, 0.15) is 0 Å². The fraction of sp³-hybridized carbons (Fsp3) is 1.00. The van der Waals surface area contributed by atoms with Gasteiger partial charge in [-0.3, -0.25) is 4.57 Å². The summed E-state index contributed by atoms with van der Waals surface area (Å²) in [4.78, 5) is 0. The van der Waals surface area contributed by atoms with E-state index in [2.05, 4.69) is 9.05 Å². The van der Waals surface area contributed by atoms with E-state index in [9.17, 15) is 4.57 Å². The summed E-state index contributed by atoms with van der Waals surface area (Å²) in [6, 6.07) is 0. The molecule has 0 aliphatic carbocycles. The lowest BCUT2D eigenvalue weighted by Gasteiger charge is -2.12. The lowest BCUT2D eigenvalue weighted by atomic mass is 10.8. The van der Waals surface area contributed by atoms with Crippen LogP contribution >= 0.6 is 19.2 Å². The number of hydrogen-bond acceptors (Lipinski definition) is 4. The Morgan fingerprint density at radius 1 is 1.25 bits per heavy atom. The first kappa shape index (κ1) is 12.4. The van der Waals surface area contributed by atoms with Gasteiger partial charge in [-0.2, -0.15) is 0 Å². The van der Waals surface area contributed by atoms with Crippen molar-refractivity contribution in [3.63, 3.8) is 0 Å². The molecule has 0 radical (unpaired) electrons. The molecule has 0 saturated carbocycles. The van der Waals surface area contributed by atoms with Gasteiger partial charge in [0.25, 0.3) is 0 Å². The van der Waals surface area contributed by atoms with E-state index in [1.165, 1.54) is 14.2 Å². The van der Waals surface area contributed by atoms with Crippen LogP contribution in [0.5, 0.6) is 0 Å². The average molecular weight is 217 g/mol. The summed E-state index contributed by atoms with van der Waals surface area (Å²) >= 11 is 5.36. The highest BCUT2D eigenvalue weighted by atomic mass is 35.5. The zero-order chi connectivity index (χ0) is 9.45. The molecule has 0 N–H and O–H groups in total. The summed E-state index contributed by atoms with van der Waals surface area (Å²) in [5.74, 6) is 0.435. The quantitative estimate of drug-likeness (QED) is 0.369. The van der Waals surface area contributed by atoms with Gasteiger partial charge in [-0.1, -0.05) is 0 Å². The molecule has 0 unspecified atom stereocenters. The van der Waals surface area contributed by atoms with E-state index in [-0.39, 0.29) is 6.16 Å². The SMILES string of the molecule is COP(=O)(CCOCCCl)OC.